The summed E-state index contributed by atoms with van der Waals surface area (Å²) in [6.45, 7) is 4.71. The maximum absolute atomic E-state index is 12.1. The van der Waals surface area contributed by atoms with Gasteiger partial charge >= 0.3 is 0 Å². The van der Waals surface area contributed by atoms with Gasteiger partial charge in [-0.15, -0.1) is 0 Å². The van der Waals surface area contributed by atoms with Crippen molar-refractivity contribution in [1.82, 2.24) is 10.6 Å². The lowest BCUT2D eigenvalue weighted by Crippen LogP contribution is -2.44. The van der Waals surface area contributed by atoms with Crippen LogP contribution in [0.15, 0.2) is 24.3 Å². The number of anilines is 1. The summed E-state index contributed by atoms with van der Waals surface area (Å²) in [7, 11) is 0. The highest BCUT2D eigenvalue weighted by molar-refractivity contribution is 6.10. The minimum absolute atomic E-state index is 0.0658. The van der Waals surface area contributed by atoms with E-state index in [-0.39, 0.29) is 24.1 Å². The highest BCUT2D eigenvalue weighted by atomic mass is 16.2. The van der Waals surface area contributed by atoms with Gasteiger partial charge in [0, 0.05) is 6.54 Å². The highest BCUT2D eigenvalue weighted by Crippen LogP contribution is 2.18. The van der Waals surface area contributed by atoms with Crippen molar-refractivity contribution in [3.05, 3.63) is 29.8 Å². The Labute approximate surface area is 129 Å². The molecule has 3 N–H and O–H groups in total. The topological polar surface area (TPSA) is 87.3 Å². The number of carbonyl (C=O) groups excluding carboxylic acids is 3. The summed E-state index contributed by atoms with van der Waals surface area (Å²) in [5.74, 6) is -0.478. The first kappa shape index (κ1) is 16.0. The fraction of sp³-hybridized carbons (Fsp3) is 0.438. The largest absolute Gasteiger partial charge is 0.356 e. The minimum atomic E-state index is -0.862. The zero-order chi connectivity index (χ0) is 16.1. The molecule has 1 aliphatic heterocycles. The first-order valence-corrected chi connectivity index (χ1v) is 7.45. The molecule has 6 nitrogen and oxygen atoms in total. The summed E-state index contributed by atoms with van der Waals surface area (Å²) >= 11 is 0. The average molecular weight is 303 g/mol. The summed E-state index contributed by atoms with van der Waals surface area (Å²) in [4.78, 5) is 36.1. The molecule has 1 aliphatic rings. The van der Waals surface area contributed by atoms with Crippen molar-refractivity contribution in [2.75, 3.05) is 11.9 Å². The van der Waals surface area contributed by atoms with E-state index in [0.29, 0.717) is 23.7 Å². The molecule has 22 heavy (non-hydrogen) atoms. The quantitative estimate of drug-likeness (QED) is 0.766. The SMILES string of the molecule is CC(C)CCNC(=O)C[C@@H]1NC(=O)c2ccccc2NC1=O. The van der Waals surface area contributed by atoms with Gasteiger partial charge in [-0.1, -0.05) is 26.0 Å². The lowest BCUT2D eigenvalue weighted by molar-refractivity contribution is -0.125. The van der Waals surface area contributed by atoms with E-state index in [4.69, 9.17) is 0 Å². The van der Waals surface area contributed by atoms with E-state index in [1.54, 1.807) is 24.3 Å². The van der Waals surface area contributed by atoms with Crippen LogP contribution in [0.2, 0.25) is 0 Å². The van der Waals surface area contributed by atoms with Gasteiger partial charge < -0.3 is 16.0 Å². The summed E-state index contributed by atoms with van der Waals surface area (Å²) in [6.07, 6.45) is 0.810. The van der Waals surface area contributed by atoms with E-state index >= 15 is 0 Å². The Morgan fingerprint density at radius 3 is 2.73 bits per heavy atom. The number of hydrogen-bond acceptors (Lipinski definition) is 3. The smallest absolute Gasteiger partial charge is 0.254 e. The maximum atomic E-state index is 12.1. The second-order valence-corrected chi connectivity index (χ2v) is 5.80. The highest BCUT2D eigenvalue weighted by Gasteiger charge is 2.29. The molecule has 118 valence electrons. The number of rotatable bonds is 5. The van der Waals surface area contributed by atoms with E-state index in [1.165, 1.54) is 0 Å². The zero-order valence-corrected chi connectivity index (χ0v) is 12.8. The van der Waals surface area contributed by atoms with Crippen molar-refractivity contribution in [3.8, 4) is 0 Å². The molecule has 0 saturated carbocycles. The van der Waals surface area contributed by atoms with Gasteiger partial charge in [0.1, 0.15) is 6.04 Å². The minimum Gasteiger partial charge on any atom is -0.356 e. The van der Waals surface area contributed by atoms with Crippen LogP contribution >= 0.6 is 0 Å². The Kier molecular flexibility index (Phi) is 5.14. The van der Waals surface area contributed by atoms with E-state index < -0.39 is 6.04 Å². The van der Waals surface area contributed by atoms with Crippen LogP contribution in [0.3, 0.4) is 0 Å². The molecule has 0 aromatic heterocycles. The first-order chi connectivity index (χ1) is 10.5. The number of nitrogens with one attached hydrogen (secondary N) is 3. The third-order valence-electron chi connectivity index (χ3n) is 3.48. The molecule has 1 aromatic carbocycles. The number of para-hydroxylation sites is 1. The van der Waals surface area contributed by atoms with Crippen molar-refractivity contribution in [1.29, 1.82) is 0 Å². The molecular formula is C16H21N3O3. The Morgan fingerprint density at radius 2 is 2.00 bits per heavy atom. The predicted octanol–water partition coefficient (Wildman–Crippen LogP) is 1.29. The zero-order valence-electron chi connectivity index (χ0n) is 12.8. The van der Waals surface area contributed by atoms with Gasteiger partial charge in [-0.05, 0) is 24.5 Å². The van der Waals surface area contributed by atoms with Gasteiger partial charge in [0.2, 0.25) is 11.8 Å². The molecule has 0 saturated heterocycles. The first-order valence-electron chi connectivity index (χ1n) is 7.45. The summed E-state index contributed by atoms with van der Waals surface area (Å²) in [5, 5.41) is 8.05. The molecule has 1 heterocycles. The van der Waals surface area contributed by atoms with Crippen LogP contribution < -0.4 is 16.0 Å². The number of hydrogen-bond donors (Lipinski definition) is 3. The van der Waals surface area contributed by atoms with Gasteiger partial charge in [0.05, 0.1) is 17.7 Å². The molecule has 0 unspecified atom stereocenters. The van der Waals surface area contributed by atoms with E-state index in [2.05, 4.69) is 29.8 Å². The van der Waals surface area contributed by atoms with Crippen LogP contribution in [0.1, 0.15) is 37.0 Å². The molecule has 0 spiro atoms. The molecule has 6 heteroatoms. The Balaban J connectivity index is 1.97. The van der Waals surface area contributed by atoms with Crippen LogP contribution in [0.4, 0.5) is 5.69 Å². The molecular weight excluding hydrogens is 282 g/mol. The fourth-order valence-corrected chi connectivity index (χ4v) is 2.21. The maximum Gasteiger partial charge on any atom is 0.254 e. The van der Waals surface area contributed by atoms with Gasteiger partial charge in [-0.3, -0.25) is 14.4 Å². The van der Waals surface area contributed by atoms with Crippen LogP contribution in [0.5, 0.6) is 0 Å². The van der Waals surface area contributed by atoms with Crippen LogP contribution in [0.25, 0.3) is 0 Å². The summed E-state index contributed by atoms with van der Waals surface area (Å²) < 4.78 is 0. The Bertz CT molecular complexity index is 584. The second-order valence-electron chi connectivity index (χ2n) is 5.80. The van der Waals surface area contributed by atoms with Crippen molar-refractivity contribution in [3.63, 3.8) is 0 Å². The lowest BCUT2D eigenvalue weighted by atomic mass is 10.1. The average Bonchev–Trinajstić information content (AvgIpc) is 2.57. The molecule has 2 rings (SSSR count). The van der Waals surface area contributed by atoms with Gasteiger partial charge in [0.25, 0.3) is 5.91 Å². The molecule has 0 bridgehead atoms. The number of amides is 3. The molecule has 0 aliphatic carbocycles. The molecule has 1 aromatic rings. The standard InChI is InChI=1S/C16H21N3O3/c1-10(2)7-8-17-14(20)9-13-16(22)18-12-6-4-3-5-11(12)15(21)19-13/h3-6,10,13H,7-9H2,1-2H3,(H,17,20)(H,18,22)(H,19,21)/t13-/m0/s1. The van der Waals surface area contributed by atoms with Gasteiger partial charge in [0.15, 0.2) is 0 Å². The molecule has 0 fully saturated rings. The second kappa shape index (κ2) is 7.06. The normalized spacial score (nSPS) is 17.3. The van der Waals surface area contributed by atoms with E-state index in [1.807, 2.05) is 0 Å². The van der Waals surface area contributed by atoms with Crippen molar-refractivity contribution >= 4 is 23.4 Å². The Hall–Kier alpha value is -2.37. The van der Waals surface area contributed by atoms with E-state index in [9.17, 15) is 14.4 Å². The van der Waals surface area contributed by atoms with Crippen LogP contribution in [-0.4, -0.2) is 30.3 Å². The third-order valence-corrected chi connectivity index (χ3v) is 3.48. The number of benzene rings is 1. The van der Waals surface area contributed by atoms with Crippen molar-refractivity contribution < 1.29 is 14.4 Å². The lowest BCUT2D eigenvalue weighted by Gasteiger charge is -2.14. The third kappa shape index (κ3) is 4.07. The monoisotopic (exact) mass is 303 g/mol. The van der Waals surface area contributed by atoms with Gasteiger partial charge in [-0.2, -0.15) is 0 Å². The Morgan fingerprint density at radius 1 is 1.27 bits per heavy atom. The van der Waals surface area contributed by atoms with Gasteiger partial charge in [-0.25, -0.2) is 0 Å². The van der Waals surface area contributed by atoms with Crippen molar-refractivity contribution in [2.24, 2.45) is 5.92 Å². The van der Waals surface area contributed by atoms with Crippen molar-refractivity contribution in [2.45, 2.75) is 32.7 Å². The van der Waals surface area contributed by atoms with Crippen LogP contribution in [0, 0.1) is 5.92 Å². The fourth-order valence-electron chi connectivity index (χ4n) is 2.21. The van der Waals surface area contributed by atoms with Crippen LogP contribution in [-0.2, 0) is 9.59 Å². The number of carbonyl (C=O) groups is 3. The summed E-state index contributed by atoms with van der Waals surface area (Å²) in [5.41, 5.74) is 0.867. The molecule has 1 atom stereocenters. The van der Waals surface area contributed by atoms with E-state index in [0.717, 1.165) is 6.42 Å². The molecule has 3 amide bonds. The number of fused-ring (bicyclic) bond motifs is 1. The predicted molar refractivity (Wildman–Crippen MR) is 83.4 cm³/mol. The summed E-state index contributed by atoms with van der Waals surface area (Å²) in [6, 6.07) is 5.90. The molecule has 0 radical (unpaired) electrons.